The van der Waals surface area contributed by atoms with Crippen LogP contribution < -0.4 is 14.2 Å². The van der Waals surface area contributed by atoms with Crippen molar-refractivity contribution in [2.45, 2.75) is 11.8 Å². The molecule has 180 valence electrons. The van der Waals surface area contributed by atoms with Crippen LogP contribution in [-0.2, 0) is 14.8 Å². The lowest BCUT2D eigenvalue weighted by Gasteiger charge is -2.13. The van der Waals surface area contributed by atoms with E-state index in [1.807, 2.05) is 29.0 Å². The molecule has 1 aromatic heterocycles. The molecule has 1 N–H and O–H groups in total. The van der Waals surface area contributed by atoms with Gasteiger partial charge in [-0.1, -0.05) is 23.7 Å². The number of halogens is 1. The second kappa shape index (κ2) is 9.81. The largest absolute Gasteiger partial charge is 0.497 e. The van der Waals surface area contributed by atoms with Crippen LogP contribution in [0.4, 0.5) is 0 Å². The Labute approximate surface area is 208 Å². The van der Waals surface area contributed by atoms with Crippen LogP contribution >= 0.6 is 11.6 Å². The average molecular weight is 512 g/mol. The first-order valence-corrected chi connectivity index (χ1v) is 12.3. The van der Waals surface area contributed by atoms with Crippen LogP contribution in [0.2, 0.25) is 5.02 Å². The molecule has 3 aromatic carbocycles. The summed E-state index contributed by atoms with van der Waals surface area (Å²) in [6, 6.07) is 20.7. The molecule has 0 spiro atoms. The smallest absolute Gasteiger partial charge is 0.264 e. The van der Waals surface area contributed by atoms with Gasteiger partial charge in [0.15, 0.2) is 0 Å². The number of carbonyl (C=O) groups excluding carboxylic acids is 1. The second-order valence-corrected chi connectivity index (χ2v) is 9.67. The maximum Gasteiger partial charge on any atom is 0.264 e. The SMILES string of the molecule is COc1ccc(OC)c(-c2cc(-c3ccc(Cl)cc3)nn2-c2ccc(S(=O)(=O)NC(C)=O)cc2)c1. The van der Waals surface area contributed by atoms with Gasteiger partial charge in [0.25, 0.3) is 10.0 Å². The molecule has 35 heavy (non-hydrogen) atoms. The summed E-state index contributed by atoms with van der Waals surface area (Å²) in [6.45, 7) is 1.14. The fourth-order valence-corrected chi connectivity index (χ4v) is 4.68. The van der Waals surface area contributed by atoms with Crippen molar-refractivity contribution in [1.29, 1.82) is 0 Å². The van der Waals surface area contributed by atoms with E-state index in [4.69, 9.17) is 26.2 Å². The van der Waals surface area contributed by atoms with Gasteiger partial charge in [-0.25, -0.2) is 17.8 Å². The van der Waals surface area contributed by atoms with Crippen LogP contribution in [0, 0.1) is 0 Å². The average Bonchev–Trinajstić information content (AvgIpc) is 3.28. The molecule has 0 fully saturated rings. The van der Waals surface area contributed by atoms with Crippen molar-refractivity contribution in [3.63, 3.8) is 0 Å². The Hall–Kier alpha value is -3.82. The highest BCUT2D eigenvalue weighted by molar-refractivity contribution is 7.90. The van der Waals surface area contributed by atoms with Gasteiger partial charge in [0.2, 0.25) is 5.91 Å². The summed E-state index contributed by atoms with van der Waals surface area (Å²) < 4.78 is 39.4. The van der Waals surface area contributed by atoms with Crippen LogP contribution in [0.3, 0.4) is 0 Å². The third kappa shape index (κ3) is 5.16. The summed E-state index contributed by atoms with van der Waals surface area (Å²) in [4.78, 5) is 11.2. The number of nitrogens with zero attached hydrogens (tertiary/aromatic N) is 2. The highest BCUT2D eigenvalue weighted by Crippen LogP contribution is 2.37. The van der Waals surface area contributed by atoms with Gasteiger partial charge in [0.1, 0.15) is 11.5 Å². The first-order chi connectivity index (χ1) is 16.7. The molecule has 0 saturated heterocycles. The van der Waals surface area contributed by atoms with Gasteiger partial charge in [0, 0.05) is 23.1 Å². The van der Waals surface area contributed by atoms with Crippen molar-refractivity contribution in [1.82, 2.24) is 14.5 Å². The molecule has 0 saturated carbocycles. The maximum absolute atomic E-state index is 12.4. The van der Waals surface area contributed by atoms with Crippen molar-refractivity contribution in [3.8, 4) is 39.7 Å². The van der Waals surface area contributed by atoms with Gasteiger partial charge >= 0.3 is 0 Å². The third-order valence-corrected chi connectivity index (χ3v) is 6.90. The first-order valence-electron chi connectivity index (χ1n) is 10.4. The zero-order valence-corrected chi connectivity index (χ0v) is 20.7. The minimum absolute atomic E-state index is 0.0398. The Morgan fingerprint density at radius 2 is 1.63 bits per heavy atom. The summed E-state index contributed by atoms with van der Waals surface area (Å²) in [5.41, 5.74) is 3.56. The standard InChI is InChI=1S/C25H22ClN3O5S/c1-16(30)28-35(31,32)21-11-8-19(9-12-21)29-24(22-14-20(33-2)10-13-25(22)34-3)15-23(27-29)17-4-6-18(26)7-5-17/h4-15H,1-3H3,(H,28,30). The molecular formula is C25H22ClN3O5S. The number of nitrogens with one attached hydrogen (secondary N) is 1. The first kappa shape index (κ1) is 24.3. The molecule has 0 unspecified atom stereocenters. The molecule has 0 aliphatic rings. The molecule has 4 rings (SSSR count). The summed E-state index contributed by atoms with van der Waals surface area (Å²) in [7, 11) is -0.804. The molecule has 0 bridgehead atoms. The highest BCUT2D eigenvalue weighted by Gasteiger charge is 2.19. The van der Waals surface area contributed by atoms with Gasteiger partial charge in [-0.15, -0.1) is 0 Å². The molecule has 4 aromatic rings. The minimum Gasteiger partial charge on any atom is -0.497 e. The van der Waals surface area contributed by atoms with E-state index >= 15 is 0 Å². The Kier molecular flexibility index (Phi) is 6.81. The molecule has 8 nitrogen and oxygen atoms in total. The number of ether oxygens (including phenoxy) is 2. The fourth-order valence-electron chi connectivity index (χ4n) is 3.56. The van der Waals surface area contributed by atoms with E-state index in [9.17, 15) is 13.2 Å². The molecular weight excluding hydrogens is 490 g/mol. The maximum atomic E-state index is 12.4. The Balaban J connectivity index is 1.88. The predicted octanol–water partition coefficient (Wildman–Crippen LogP) is 4.70. The van der Waals surface area contributed by atoms with E-state index in [0.717, 1.165) is 18.1 Å². The van der Waals surface area contributed by atoms with Crippen molar-refractivity contribution in [2.75, 3.05) is 14.2 Å². The zero-order chi connectivity index (χ0) is 25.2. The number of aromatic nitrogens is 2. The van der Waals surface area contributed by atoms with E-state index in [1.165, 1.54) is 12.1 Å². The molecule has 0 aliphatic carbocycles. The van der Waals surface area contributed by atoms with Gasteiger partial charge < -0.3 is 9.47 Å². The van der Waals surface area contributed by atoms with Crippen LogP contribution in [0.25, 0.3) is 28.2 Å². The van der Waals surface area contributed by atoms with Gasteiger partial charge in [-0.3, -0.25) is 4.79 Å². The van der Waals surface area contributed by atoms with Crippen LogP contribution in [0.15, 0.2) is 77.7 Å². The molecule has 1 amide bonds. The van der Waals surface area contributed by atoms with Gasteiger partial charge in [-0.2, -0.15) is 5.10 Å². The molecule has 0 radical (unpaired) electrons. The number of benzene rings is 3. The number of sulfonamides is 1. The normalized spacial score (nSPS) is 11.2. The zero-order valence-electron chi connectivity index (χ0n) is 19.2. The Morgan fingerprint density at radius 1 is 0.943 bits per heavy atom. The summed E-state index contributed by atoms with van der Waals surface area (Å²) in [5, 5.41) is 5.40. The Morgan fingerprint density at radius 3 is 2.23 bits per heavy atom. The van der Waals surface area contributed by atoms with Gasteiger partial charge in [0.05, 0.1) is 36.2 Å². The van der Waals surface area contributed by atoms with E-state index in [1.54, 1.807) is 55.3 Å². The van der Waals surface area contributed by atoms with Crippen molar-refractivity contribution in [3.05, 3.63) is 77.8 Å². The lowest BCUT2D eigenvalue weighted by molar-refractivity contribution is -0.117. The van der Waals surface area contributed by atoms with E-state index in [-0.39, 0.29) is 4.90 Å². The van der Waals surface area contributed by atoms with Crippen LogP contribution in [-0.4, -0.2) is 38.3 Å². The van der Waals surface area contributed by atoms with Gasteiger partial charge in [-0.05, 0) is 60.7 Å². The van der Waals surface area contributed by atoms with Crippen molar-refractivity contribution >= 4 is 27.5 Å². The lowest BCUT2D eigenvalue weighted by atomic mass is 10.1. The number of carbonyl (C=O) groups is 1. The predicted molar refractivity (Wildman–Crippen MR) is 134 cm³/mol. The minimum atomic E-state index is -3.96. The molecule has 0 aliphatic heterocycles. The number of hydrogen-bond donors (Lipinski definition) is 1. The van der Waals surface area contributed by atoms with E-state index in [2.05, 4.69) is 0 Å². The second-order valence-electron chi connectivity index (χ2n) is 7.56. The third-order valence-electron chi connectivity index (χ3n) is 5.20. The molecule has 1 heterocycles. The Bertz CT molecular complexity index is 1480. The fraction of sp³-hybridized carbons (Fsp3) is 0.120. The molecule has 10 heteroatoms. The summed E-state index contributed by atoms with van der Waals surface area (Å²) in [5.74, 6) is 0.582. The number of hydrogen-bond acceptors (Lipinski definition) is 6. The summed E-state index contributed by atoms with van der Waals surface area (Å²) >= 11 is 6.05. The number of amides is 1. The number of methoxy groups -OCH3 is 2. The van der Waals surface area contributed by atoms with E-state index < -0.39 is 15.9 Å². The monoisotopic (exact) mass is 511 g/mol. The van der Waals surface area contributed by atoms with E-state index in [0.29, 0.717) is 33.6 Å². The quantitative estimate of drug-likeness (QED) is 0.386. The highest BCUT2D eigenvalue weighted by atomic mass is 35.5. The summed E-state index contributed by atoms with van der Waals surface area (Å²) in [6.07, 6.45) is 0. The van der Waals surface area contributed by atoms with Crippen molar-refractivity contribution < 1.29 is 22.7 Å². The molecule has 0 atom stereocenters. The van der Waals surface area contributed by atoms with Crippen molar-refractivity contribution in [2.24, 2.45) is 0 Å². The number of rotatable bonds is 7. The van der Waals surface area contributed by atoms with Crippen LogP contribution in [0.1, 0.15) is 6.92 Å². The topological polar surface area (TPSA) is 99.5 Å². The lowest BCUT2D eigenvalue weighted by Crippen LogP contribution is -2.28. The van der Waals surface area contributed by atoms with Crippen LogP contribution in [0.5, 0.6) is 11.5 Å².